The van der Waals surface area contributed by atoms with Gasteiger partial charge in [-0.05, 0) is 35.4 Å². The minimum atomic E-state index is -1.11. The molecule has 1 aromatic rings. The van der Waals surface area contributed by atoms with Gasteiger partial charge in [0.05, 0.1) is 12.5 Å². The summed E-state index contributed by atoms with van der Waals surface area (Å²) < 4.78 is 10.5. The molecule has 3 N–H and O–H groups in total. The molecule has 35 heavy (non-hydrogen) atoms. The number of benzene rings is 1. The van der Waals surface area contributed by atoms with Gasteiger partial charge in [-0.3, -0.25) is 14.4 Å². The number of ether oxygens (including phenoxy) is 2. The molecular weight excluding hydrogens is 452 g/mol. The average molecular weight is 493 g/mol. The summed E-state index contributed by atoms with van der Waals surface area (Å²) in [5, 5.41) is 14.7. The van der Waals surface area contributed by atoms with Gasteiger partial charge in [-0.1, -0.05) is 46.8 Å². The molecule has 0 aromatic heterocycles. The highest BCUT2D eigenvalue weighted by Gasteiger charge is 2.24. The Kier molecular flexibility index (Phi) is 12.4. The predicted octanol–water partition coefficient (Wildman–Crippen LogP) is 3.27. The van der Waals surface area contributed by atoms with Crippen LogP contribution in [0.2, 0.25) is 0 Å². The van der Waals surface area contributed by atoms with Crippen LogP contribution >= 0.6 is 0 Å². The zero-order chi connectivity index (χ0) is 26.6. The number of rotatable bonds is 14. The van der Waals surface area contributed by atoms with Gasteiger partial charge in [0.2, 0.25) is 11.8 Å². The van der Waals surface area contributed by atoms with Crippen molar-refractivity contribution in [2.24, 2.45) is 11.3 Å². The minimum absolute atomic E-state index is 0.129. The lowest BCUT2D eigenvalue weighted by Crippen LogP contribution is -2.42. The number of nitrogens with one attached hydrogen (secondary N) is 2. The van der Waals surface area contributed by atoms with Crippen molar-refractivity contribution < 1.29 is 33.8 Å². The van der Waals surface area contributed by atoms with Crippen LogP contribution < -0.4 is 15.4 Å². The lowest BCUT2D eigenvalue weighted by Gasteiger charge is -2.20. The highest BCUT2D eigenvalue weighted by atomic mass is 16.5. The second kappa shape index (κ2) is 14.5. The van der Waals surface area contributed by atoms with Crippen LogP contribution in [0, 0.1) is 11.3 Å². The largest absolute Gasteiger partial charge is 0.480 e. The van der Waals surface area contributed by atoms with E-state index in [1.54, 1.807) is 24.3 Å². The second-order valence-electron chi connectivity index (χ2n) is 10.2. The molecule has 9 heteroatoms. The minimum Gasteiger partial charge on any atom is -0.480 e. The first-order chi connectivity index (χ1) is 16.3. The summed E-state index contributed by atoms with van der Waals surface area (Å²) in [5.41, 5.74) is 0.586. The summed E-state index contributed by atoms with van der Waals surface area (Å²) >= 11 is 0. The Labute approximate surface area is 207 Å². The first-order valence-electron chi connectivity index (χ1n) is 11.9. The Morgan fingerprint density at radius 2 is 1.66 bits per heavy atom. The zero-order valence-corrected chi connectivity index (χ0v) is 21.7. The topological polar surface area (TPSA) is 131 Å². The van der Waals surface area contributed by atoms with Crippen molar-refractivity contribution >= 4 is 23.8 Å². The van der Waals surface area contributed by atoms with E-state index >= 15 is 0 Å². The second-order valence-corrected chi connectivity index (χ2v) is 10.2. The molecule has 196 valence electrons. The Hall–Kier alpha value is -2.94. The first kappa shape index (κ1) is 30.1. The van der Waals surface area contributed by atoms with Crippen LogP contribution in [0.15, 0.2) is 24.3 Å². The van der Waals surface area contributed by atoms with Gasteiger partial charge < -0.3 is 25.2 Å². The third kappa shape index (κ3) is 12.9. The van der Waals surface area contributed by atoms with E-state index in [1.165, 1.54) is 6.92 Å². The predicted molar refractivity (Wildman–Crippen MR) is 132 cm³/mol. The van der Waals surface area contributed by atoms with E-state index in [-0.39, 0.29) is 61.7 Å². The molecule has 0 radical (unpaired) electrons. The van der Waals surface area contributed by atoms with Gasteiger partial charge in [0, 0.05) is 32.9 Å². The van der Waals surface area contributed by atoms with E-state index in [0.717, 1.165) is 5.56 Å². The highest BCUT2D eigenvalue weighted by molar-refractivity contribution is 5.84. The van der Waals surface area contributed by atoms with Crippen LogP contribution in [0.5, 0.6) is 5.75 Å². The fourth-order valence-electron chi connectivity index (χ4n) is 3.46. The van der Waals surface area contributed by atoms with Gasteiger partial charge in [-0.15, -0.1) is 0 Å². The Bertz CT molecular complexity index is 844. The summed E-state index contributed by atoms with van der Waals surface area (Å²) in [6.45, 7) is 11.7. The quantitative estimate of drug-likeness (QED) is 0.206. The third-order valence-corrected chi connectivity index (χ3v) is 4.99. The van der Waals surface area contributed by atoms with Crippen molar-refractivity contribution in [1.82, 2.24) is 10.6 Å². The van der Waals surface area contributed by atoms with Crippen LogP contribution in [-0.4, -0.2) is 54.7 Å². The SMILES string of the molecule is CC(=O)Oc1ccc(C(CC(C)C)C(=O)NCCOCCC(NC(=O)CC(C)(C)C)C(=O)O)cc1. The summed E-state index contributed by atoms with van der Waals surface area (Å²) in [4.78, 5) is 47.4. The number of carboxylic acids is 1. The molecule has 9 nitrogen and oxygen atoms in total. The smallest absolute Gasteiger partial charge is 0.326 e. The van der Waals surface area contributed by atoms with Crippen molar-refractivity contribution in [3.05, 3.63) is 29.8 Å². The number of carboxylic acid groups (broad SMARTS) is 1. The van der Waals surface area contributed by atoms with Gasteiger partial charge in [0.1, 0.15) is 11.8 Å². The van der Waals surface area contributed by atoms with Gasteiger partial charge in [0.15, 0.2) is 0 Å². The molecule has 0 aliphatic carbocycles. The lowest BCUT2D eigenvalue weighted by atomic mass is 9.89. The van der Waals surface area contributed by atoms with E-state index in [2.05, 4.69) is 10.6 Å². The summed E-state index contributed by atoms with van der Waals surface area (Å²) in [6, 6.07) is 5.87. The number of hydrogen-bond donors (Lipinski definition) is 3. The van der Waals surface area contributed by atoms with Crippen LogP contribution in [0.1, 0.15) is 72.3 Å². The maximum absolute atomic E-state index is 12.8. The molecule has 2 amide bonds. The molecule has 2 unspecified atom stereocenters. The Morgan fingerprint density at radius 3 is 2.17 bits per heavy atom. The molecule has 0 fully saturated rings. The number of carbonyl (C=O) groups excluding carboxylic acids is 3. The lowest BCUT2D eigenvalue weighted by molar-refractivity contribution is -0.142. The normalized spacial score (nSPS) is 13.1. The molecule has 0 heterocycles. The maximum atomic E-state index is 12.8. The summed E-state index contributed by atoms with van der Waals surface area (Å²) in [5.74, 6) is -1.62. The van der Waals surface area contributed by atoms with Crippen LogP contribution in [0.4, 0.5) is 0 Å². The fraction of sp³-hybridized carbons (Fsp3) is 0.615. The number of aliphatic carboxylic acids is 1. The highest BCUT2D eigenvalue weighted by Crippen LogP contribution is 2.26. The van der Waals surface area contributed by atoms with Crippen LogP contribution in [0.3, 0.4) is 0 Å². The molecule has 1 rings (SSSR count). The zero-order valence-electron chi connectivity index (χ0n) is 21.7. The Morgan fingerprint density at radius 1 is 1.03 bits per heavy atom. The van der Waals surface area contributed by atoms with Crippen molar-refractivity contribution in [2.45, 2.75) is 72.8 Å². The van der Waals surface area contributed by atoms with Gasteiger partial charge in [-0.25, -0.2) is 4.79 Å². The average Bonchev–Trinajstić information content (AvgIpc) is 2.72. The summed E-state index contributed by atoms with van der Waals surface area (Å²) in [7, 11) is 0. The van der Waals surface area contributed by atoms with Gasteiger partial charge in [-0.2, -0.15) is 0 Å². The Balaban J connectivity index is 2.51. The molecule has 0 aliphatic rings. The monoisotopic (exact) mass is 492 g/mol. The van der Waals surface area contributed by atoms with E-state index in [0.29, 0.717) is 12.2 Å². The molecule has 0 bridgehead atoms. The molecule has 2 atom stereocenters. The number of carbonyl (C=O) groups is 4. The molecule has 1 aromatic carbocycles. The van der Waals surface area contributed by atoms with Crippen LogP contribution in [0.25, 0.3) is 0 Å². The number of amides is 2. The van der Waals surface area contributed by atoms with E-state index in [4.69, 9.17) is 9.47 Å². The van der Waals surface area contributed by atoms with Crippen molar-refractivity contribution in [3.8, 4) is 5.75 Å². The maximum Gasteiger partial charge on any atom is 0.326 e. The number of hydrogen-bond acceptors (Lipinski definition) is 6. The fourth-order valence-corrected chi connectivity index (χ4v) is 3.46. The van der Waals surface area contributed by atoms with E-state index < -0.39 is 18.0 Å². The molecule has 0 spiro atoms. The summed E-state index contributed by atoms with van der Waals surface area (Å²) in [6.07, 6.45) is 1.01. The number of esters is 1. The van der Waals surface area contributed by atoms with E-state index in [9.17, 15) is 24.3 Å². The van der Waals surface area contributed by atoms with Crippen molar-refractivity contribution in [3.63, 3.8) is 0 Å². The first-order valence-corrected chi connectivity index (χ1v) is 11.9. The van der Waals surface area contributed by atoms with Gasteiger partial charge in [0.25, 0.3) is 0 Å². The van der Waals surface area contributed by atoms with Gasteiger partial charge >= 0.3 is 11.9 Å². The molecule has 0 saturated carbocycles. The standard InChI is InChI=1S/C26H40N2O7/c1-17(2)15-21(19-7-9-20(10-8-19)35-18(3)29)24(31)27-12-14-34-13-11-22(25(32)33)28-23(30)16-26(4,5)6/h7-10,17,21-22H,11-16H2,1-6H3,(H,27,31)(H,28,30)(H,32,33). The van der Waals surface area contributed by atoms with Crippen molar-refractivity contribution in [2.75, 3.05) is 19.8 Å². The molecule has 0 saturated heterocycles. The van der Waals surface area contributed by atoms with E-state index in [1.807, 2.05) is 34.6 Å². The van der Waals surface area contributed by atoms with Crippen molar-refractivity contribution in [1.29, 1.82) is 0 Å². The molecular formula is C26H40N2O7. The third-order valence-electron chi connectivity index (χ3n) is 4.99. The van der Waals surface area contributed by atoms with Crippen LogP contribution in [-0.2, 0) is 23.9 Å². The molecule has 0 aliphatic heterocycles.